The second-order valence-electron chi connectivity index (χ2n) is 5.67. The third-order valence-corrected chi connectivity index (χ3v) is 3.96. The average molecular weight is 335 g/mol. The molecule has 0 N–H and O–H groups in total. The van der Waals surface area contributed by atoms with Gasteiger partial charge in [0.1, 0.15) is 5.69 Å². The molecule has 2 amide bonds. The Balaban J connectivity index is 1.91. The Bertz CT molecular complexity index is 791. The second-order valence-corrected chi connectivity index (χ2v) is 5.67. The van der Waals surface area contributed by atoms with E-state index in [1.807, 2.05) is 0 Å². The van der Waals surface area contributed by atoms with Crippen LogP contribution in [0, 0.1) is 0 Å². The molecule has 2 heterocycles. The topological polar surface area (TPSA) is 64.4 Å². The highest BCUT2D eigenvalue weighted by Gasteiger charge is 2.51. The quantitative estimate of drug-likeness (QED) is 0.862. The molecule has 3 rings (SSSR count). The Morgan fingerprint density at radius 3 is 2.54 bits per heavy atom. The molecule has 0 spiro atoms. The summed E-state index contributed by atoms with van der Waals surface area (Å²) >= 11 is 0. The molecule has 0 saturated carbocycles. The average Bonchev–Trinajstić information content (AvgIpc) is 3.02. The van der Waals surface area contributed by atoms with Crippen LogP contribution < -0.4 is 0 Å². The molecular formula is C16H15F2N3O3. The van der Waals surface area contributed by atoms with E-state index < -0.39 is 29.7 Å². The van der Waals surface area contributed by atoms with E-state index in [0.717, 1.165) is 4.90 Å². The number of aryl methyl sites for hydroxylation is 1. The van der Waals surface area contributed by atoms with Crippen LogP contribution in [0.15, 0.2) is 36.5 Å². The molecule has 1 aromatic carbocycles. The SMILES string of the molecule is Cn1cc(CN2C(=O)OC(C)(c3ccccc3)C2=O)c(C(F)F)n1. The van der Waals surface area contributed by atoms with Crippen molar-refractivity contribution in [3.63, 3.8) is 0 Å². The predicted octanol–water partition coefficient (Wildman–Crippen LogP) is 2.75. The van der Waals surface area contributed by atoms with E-state index in [0.29, 0.717) is 5.56 Å². The highest BCUT2D eigenvalue weighted by molar-refractivity contribution is 6.03. The summed E-state index contributed by atoms with van der Waals surface area (Å²) in [5, 5.41) is 3.67. The van der Waals surface area contributed by atoms with Crippen LogP contribution in [-0.2, 0) is 28.7 Å². The predicted molar refractivity (Wildman–Crippen MR) is 79.0 cm³/mol. The number of carbonyl (C=O) groups excluding carboxylic acids is 2. The van der Waals surface area contributed by atoms with Gasteiger partial charge in [-0.2, -0.15) is 5.10 Å². The molecule has 2 aromatic rings. The smallest absolute Gasteiger partial charge is 0.418 e. The first kappa shape index (κ1) is 16.1. The van der Waals surface area contributed by atoms with Crippen LogP contribution in [-0.4, -0.2) is 26.7 Å². The zero-order valence-electron chi connectivity index (χ0n) is 13.1. The van der Waals surface area contributed by atoms with Crippen LogP contribution in [0.1, 0.15) is 30.2 Å². The number of hydrogen-bond acceptors (Lipinski definition) is 4. The number of rotatable bonds is 4. The van der Waals surface area contributed by atoms with Crippen molar-refractivity contribution in [2.24, 2.45) is 7.05 Å². The van der Waals surface area contributed by atoms with Gasteiger partial charge in [-0.15, -0.1) is 0 Å². The van der Waals surface area contributed by atoms with Crippen molar-refractivity contribution in [2.45, 2.75) is 25.5 Å². The van der Waals surface area contributed by atoms with Gasteiger partial charge in [-0.1, -0.05) is 30.3 Å². The number of hydrogen-bond donors (Lipinski definition) is 0. The molecule has 1 saturated heterocycles. The molecule has 0 bridgehead atoms. The highest BCUT2D eigenvalue weighted by Crippen LogP contribution is 2.35. The van der Waals surface area contributed by atoms with Gasteiger partial charge in [0.2, 0.25) is 5.60 Å². The van der Waals surface area contributed by atoms with E-state index in [2.05, 4.69) is 5.10 Å². The Morgan fingerprint density at radius 2 is 1.92 bits per heavy atom. The highest BCUT2D eigenvalue weighted by atomic mass is 19.3. The van der Waals surface area contributed by atoms with Crippen molar-refractivity contribution in [3.8, 4) is 0 Å². The molecule has 0 aliphatic carbocycles. The third kappa shape index (κ3) is 2.53. The van der Waals surface area contributed by atoms with Gasteiger partial charge < -0.3 is 4.74 Å². The molecule has 1 aliphatic rings. The first-order chi connectivity index (χ1) is 11.3. The monoisotopic (exact) mass is 335 g/mol. The van der Waals surface area contributed by atoms with Crippen LogP contribution >= 0.6 is 0 Å². The van der Waals surface area contributed by atoms with Crippen LogP contribution in [0.5, 0.6) is 0 Å². The summed E-state index contributed by atoms with van der Waals surface area (Å²) < 4.78 is 32.5. The first-order valence-corrected chi connectivity index (χ1v) is 7.24. The zero-order chi connectivity index (χ0) is 17.5. The van der Waals surface area contributed by atoms with Crippen LogP contribution in [0.4, 0.5) is 13.6 Å². The van der Waals surface area contributed by atoms with Crippen LogP contribution in [0.3, 0.4) is 0 Å². The number of aromatic nitrogens is 2. The molecular weight excluding hydrogens is 320 g/mol. The molecule has 0 radical (unpaired) electrons. The Kier molecular flexibility index (Phi) is 3.82. The van der Waals surface area contributed by atoms with Gasteiger partial charge in [-0.3, -0.25) is 9.48 Å². The van der Waals surface area contributed by atoms with E-state index >= 15 is 0 Å². The summed E-state index contributed by atoms with van der Waals surface area (Å²) in [4.78, 5) is 25.7. The van der Waals surface area contributed by atoms with Crippen LogP contribution in [0.25, 0.3) is 0 Å². The molecule has 126 valence electrons. The van der Waals surface area contributed by atoms with Gasteiger partial charge in [0, 0.05) is 24.4 Å². The molecule has 1 atom stereocenters. The fourth-order valence-corrected chi connectivity index (χ4v) is 2.72. The second kappa shape index (κ2) is 5.70. The number of amides is 2. The summed E-state index contributed by atoms with van der Waals surface area (Å²) in [5.41, 5.74) is -1.29. The number of imide groups is 1. The Morgan fingerprint density at radius 1 is 1.25 bits per heavy atom. The molecule has 1 aliphatic heterocycles. The maximum atomic E-state index is 13.0. The third-order valence-electron chi connectivity index (χ3n) is 3.96. The molecule has 1 aromatic heterocycles. The van der Waals surface area contributed by atoms with Crippen molar-refractivity contribution in [1.82, 2.24) is 14.7 Å². The number of benzene rings is 1. The minimum atomic E-state index is -2.80. The van der Waals surface area contributed by atoms with Crippen molar-refractivity contribution in [1.29, 1.82) is 0 Å². The lowest BCUT2D eigenvalue weighted by atomic mass is 9.95. The van der Waals surface area contributed by atoms with Gasteiger partial charge in [0.15, 0.2) is 0 Å². The minimum absolute atomic E-state index is 0.107. The molecule has 8 heteroatoms. The van der Waals surface area contributed by atoms with Crippen molar-refractivity contribution < 1.29 is 23.1 Å². The zero-order valence-corrected chi connectivity index (χ0v) is 13.1. The van der Waals surface area contributed by atoms with Gasteiger partial charge in [0.25, 0.3) is 12.3 Å². The Hall–Kier alpha value is -2.77. The van der Waals surface area contributed by atoms with E-state index in [9.17, 15) is 18.4 Å². The van der Waals surface area contributed by atoms with Gasteiger partial charge in [-0.25, -0.2) is 18.5 Å². The van der Waals surface area contributed by atoms with E-state index in [1.165, 1.54) is 24.9 Å². The fourth-order valence-electron chi connectivity index (χ4n) is 2.72. The molecule has 1 fully saturated rings. The van der Waals surface area contributed by atoms with E-state index in [1.54, 1.807) is 30.3 Å². The maximum Gasteiger partial charge on any atom is 0.418 e. The van der Waals surface area contributed by atoms with Gasteiger partial charge in [-0.05, 0) is 6.92 Å². The number of nitrogens with zero attached hydrogens (tertiary/aromatic N) is 3. The number of alkyl halides is 2. The molecule has 24 heavy (non-hydrogen) atoms. The van der Waals surface area contributed by atoms with Gasteiger partial charge in [0.05, 0.1) is 6.54 Å². The summed E-state index contributed by atoms with van der Waals surface area (Å²) in [5.74, 6) is -0.595. The summed E-state index contributed by atoms with van der Waals surface area (Å²) in [6.07, 6.45) is -2.30. The standard InChI is InChI=1S/C16H15F2N3O3/c1-16(11-6-4-3-5-7-11)14(22)21(15(23)24-16)9-10-8-20(2)19-12(10)13(17)18/h3-8,13H,9H2,1-2H3. The van der Waals surface area contributed by atoms with Crippen molar-refractivity contribution in [3.05, 3.63) is 53.3 Å². The lowest BCUT2D eigenvalue weighted by Crippen LogP contribution is -2.36. The number of cyclic esters (lactones) is 1. The molecule has 6 nitrogen and oxygen atoms in total. The summed E-state index contributed by atoms with van der Waals surface area (Å²) in [6.45, 7) is 1.17. The number of halogens is 2. The van der Waals surface area contributed by atoms with E-state index in [4.69, 9.17) is 4.74 Å². The largest absolute Gasteiger partial charge is 0.428 e. The molecule has 1 unspecified atom stereocenters. The first-order valence-electron chi connectivity index (χ1n) is 7.24. The summed E-state index contributed by atoms with van der Waals surface area (Å²) in [6, 6.07) is 8.56. The fraction of sp³-hybridized carbons (Fsp3) is 0.312. The van der Waals surface area contributed by atoms with Gasteiger partial charge >= 0.3 is 6.09 Å². The van der Waals surface area contributed by atoms with Crippen molar-refractivity contribution >= 4 is 12.0 Å². The van der Waals surface area contributed by atoms with Crippen molar-refractivity contribution in [2.75, 3.05) is 0 Å². The lowest BCUT2D eigenvalue weighted by molar-refractivity contribution is -0.136. The van der Waals surface area contributed by atoms with E-state index in [-0.39, 0.29) is 12.1 Å². The number of ether oxygens (including phenoxy) is 1. The maximum absolute atomic E-state index is 13.0. The Labute approximate surface area is 136 Å². The minimum Gasteiger partial charge on any atom is -0.428 e. The normalized spacial score (nSPS) is 20.8. The summed E-state index contributed by atoms with van der Waals surface area (Å²) in [7, 11) is 1.49. The lowest BCUT2D eigenvalue weighted by Gasteiger charge is -2.20. The number of carbonyl (C=O) groups is 2. The van der Waals surface area contributed by atoms with Crippen LogP contribution in [0.2, 0.25) is 0 Å².